The highest BCUT2D eigenvalue weighted by atomic mass is 16.2. The van der Waals surface area contributed by atoms with E-state index >= 15 is 0 Å². The van der Waals surface area contributed by atoms with Crippen molar-refractivity contribution < 1.29 is 9.59 Å². The van der Waals surface area contributed by atoms with E-state index in [0.29, 0.717) is 13.0 Å². The molecule has 1 unspecified atom stereocenters. The molecule has 0 aliphatic carbocycles. The smallest absolute Gasteiger partial charge is 0.325 e. The minimum atomic E-state index is -0.423. The van der Waals surface area contributed by atoms with Gasteiger partial charge in [0.1, 0.15) is 6.04 Å². The van der Waals surface area contributed by atoms with Crippen LogP contribution in [0.1, 0.15) is 23.1 Å². The van der Waals surface area contributed by atoms with E-state index in [1.165, 1.54) is 10.5 Å². The number of nitrogens with one attached hydrogen (secondary N) is 1. The van der Waals surface area contributed by atoms with Crippen LogP contribution in [0.25, 0.3) is 0 Å². The normalized spacial score (nSPS) is 17.4. The molecule has 1 fully saturated rings. The minimum Gasteiger partial charge on any atom is -0.326 e. The number of amides is 3. The number of benzene rings is 2. The number of rotatable bonds is 5. The van der Waals surface area contributed by atoms with Gasteiger partial charge in [-0.2, -0.15) is 0 Å². The van der Waals surface area contributed by atoms with Gasteiger partial charge in [0.05, 0.1) is 6.54 Å². The van der Waals surface area contributed by atoms with E-state index in [2.05, 4.69) is 5.32 Å². The Labute approximate surface area is 136 Å². The third-order valence-electron chi connectivity index (χ3n) is 4.13. The SMILES string of the molecule is Cc1ccc(CN2C(=O)NC(CCc3ccccc3)C2=O)cc1. The number of carbonyl (C=O) groups is 2. The van der Waals surface area contributed by atoms with Gasteiger partial charge in [-0.25, -0.2) is 4.79 Å². The lowest BCUT2D eigenvalue weighted by Gasteiger charge is -2.13. The van der Waals surface area contributed by atoms with Crippen molar-refractivity contribution in [1.82, 2.24) is 10.2 Å². The van der Waals surface area contributed by atoms with Crippen LogP contribution in [0.15, 0.2) is 54.6 Å². The van der Waals surface area contributed by atoms with Gasteiger partial charge in [0.25, 0.3) is 5.91 Å². The molecular formula is C19H20N2O2. The van der Waals surface area contributed by atoms with Crippen molar-refractivity contribution in [3.05, 3.63) is 71.3 Å². The largest absolute Gasteiger partial charge is 0.326 e. The molecule has 2 aromatic carbocycles. The van der Waals surface area contributed by atoms with Gasteiger partial charge in [0, 0.05) is 0 Å². The van der Waals surface area contributed by atoms with Crippen LogP contribution < -0.4 is 5.32 Å². The first-order valence-corrected chi connectivity index (χ1v) is 7.85. The molecule has 1 saturated heterocycles. The maximum absolute atomic E-state index is 12.5. The molecule has 0 aromatic heterocycles. The molecule has 1 atom stereocenters. The summed E-state index contributed by atoms with van der Waals surface area (Å²) in [5.41, 5.74) is 3.29. The number of carbonyl (C=O) groups excluding carboxylic acids is 2. The van der Waals surface area contributed by atoms with Crippen molar-refractivity contribution in [2.24, 2.45) is 0 Å². The molecule has 3 rings (SSSR count). The van der Waals surface area contributed by atoms with Gasteiger partial charge in [0.15, 0.2) is 0 Å². The van der Waals surface area contributed by atoms with Crippen molar-refractivity contribution in [3.8, 4) is 0 Å². The van der Waals surface area contributed by atoms with Crippen molar-refractivity contribution in [3.63, 3.8) is 0 Å². The lowest BCUT2D eigenvalue weighted by atomic mass is 10.1. The Morgan fingerprint density at radius 1 is 0.957 bits per heavy atom. The molecule has 23 heavy (non-hydrogen) atoms. The molecule has 0 radical (unpaired) electrons. The Hall–Kier alpha value is -2.62. The maximum Gasteiger partial charge on any atom is 0.325 e. The van der Waals surface area contributed by atoms with Crippen LogP contribution in [0.4, 0.5) is 4.79 Å². The van der Waals surface area contributed by atoms with Crippen LogP contribution in [-0.2, 0) is 17.8 Å². The lowest BCUT2D eigenvalue weighted by molar-refractivity contribution is -0.128. The average molecular weight is 308 g/mol. The van der Waals surface area contributed by atoms with Gasteiger partial charge in [-0.05, 0) is 30.9 Å². The van der Waals surface area contributed by atoms with Crippen LogP contribution in [0.3, 0.4) is 0 Å². The number of imide groups is 1. The van der Waals surface area contributed by atoms with E-state index in [0.717, 1.165) is 17.5 Å². The minimum absolute atomic E-state index is 0.133. The first-order chi connectivity index (χ1) is 11.1. The van der Waals surface area contributed by atoms with E-state index in [4.69, 9.17) is 0 Å². The van der Waals surface area contributed by atoms with Crippen LogP contribution in [0, 0.1) is 6.92 Å². The highest BCUT2D eigenvalue weighted by Gasteiger charge is 2.37. The second-order valence-electron chi connectivity index (χ2n) is 5.94. The summed E-state index contributed by atoms with van der Waals surface area (Å²) in [7, 11) is 0. The topological polar surface area (TPSA) is 49.4 Å². The fourth-order valence-electron chi connectivity index (χ4n) is 2.75. The molecule has 0 saturated carbocycles. The molecule has 1 aliphatic rings. The summed E-state index contributed by atoms with van der Waals surface area (Å²) in [5.74, 6) is -0.133. The van der Waals surface area contributed by atoms with Gasteiger partial charge in [0.2, 0.25) is 0 Å². The van der Waals surface area contributed by atoms with Crippen molar-refractivity contribution in [2.75, 3.05) is 0 Å². The standard InChI is InChI=1S/C19H20N2O2/c1-14-7-9-16(10-8-14)13-21-18(22)17(20-19(21)23)12-11-15-5-3-2-4-6-15/h2-10,17H,11-13H2,1H3,(H,20,23). The predicted molar refractivity (Wildman–Crippen MR) is 88.8 cm³/mol. The van der Waals surface area contributed by atoms with E-state index < -0.39 is 6.04 Å². The van der Waals surface area contributed by atoms with Crippen LogP contribution in [0.2, 0.25) is 0 Å². The Morgan fingerprint density at radius 2 is 1.65 bits per heavy atom. The summed E-state index contributed by atoms with van der Waals surface area (Å²) in [6.07, 6.45) is 1.40. The van der Waals surface area contributed by atoms with Crippen molar-refractivity contribution >= 4 is 11.9 Å². The zero-order chi connectivity index (χ0) is 16.2. The summed E-state index contributed by atoms with van der Waals surface area (Å²) in [4.78, 5) is 25.8. The molecule has 1 aliphatic heterocycles. The van der Waals surface area contributed by atoms with E-state index in [1.807, 2.05) is 61.5 Å². The van der Waals surface area contributed by atoms with Gasteiger partial charge >= 0.3 is 6.03 Å². The molecule has 3 amide bonds. The number of hydrogen-bond acceptors (Lipinski definition) is 2. The molecule has 1 N–H and O–H groups in total. The molecule has 1 heterocycles. The summed E-state index contributed by atoms with van der Waals surface area (Å²) >= 11 is 0. The Kier molecular flexibility index (Phi) is 4.42. The predicted octanol–water partition coefficient (Wildman–Crippen LogP) is 3.05. The summed E-state index contributed by atoms with van der Waals surface area (Å²) < 4.78 is 0. The second-order valence-corrected chi connectivity index (χ2v) is 5.94. The number of aryl methyl sites for hydroxylation is 2. The maximum atomic E-state index is 12.5. The molecule has 118 valence electrons. The Bertz CT molecular complexity index is 695. The summed E-state index contributed by atoms with van der Waals surface area (Å²) in [6, 6.07) is 17.2. The summed E-state index contributed by atoms with van der Waals surface area (Å²) in [6.45, 7) is 2.34. The van der Waals surface area contributed by atoms with Gasteiger partial charge in [-0.15, -0.1) is 0 Å². The molecule has 4 nitrogen and oxygen atoms in total. The van der Waals surface area contributed by atoms with Crippen molar-refractivity contribution in [1.29, 1.82) is 0 Å². The third-order valence-corrected chi connectivity index (χ3v) is 4.13. The monoisotopic (exact) mass is 308 g/mol. The molecule has 0 bridgehead atoms. The third kappa shape index (κ3) is 3.59. The first kappa shape index (κ1) is 15.3. The number of nitrogens with zero attached hydrogens (tertiary/aromatic N) is 1. The van der Waals surface area contributed by atoms with E-state index in [9.17, 15) is 9.59 Å². The van der Waals surface area contributed by atoms with Crippen LogP contribution in [-0.4, -0.2) is 22.9 Å². The van der Waals surface area contributed by atoms with Gasteiger partial charge in [-0.1, -0.05) is 60.2 Å². The van der Waals surface area contributed by atoms with Crippen LogP contribution in [0.5, 0.6) is 0 Å². The van der Waals surface area contributed by atoms with E-state index in [-0.39, 0.29) is 11.9 Å². The Balaban J connectivity index is 1.62. The summed E-state index contributed by atoms with van der Waals surface area (Å²) in [5, 5.41) is 2.79. The lowest BCUT2D eigenvalue weighted by Crippen LogP contribution is -2.31. The highest BCUT2D eigenvalue weighted by Crippen LogP contribution is 2.16. The molecule has 4 heteroatoms. The fraction of sp³-hybridized carbons (Fsp3) is 0.263. The average Bonchev–Trinajstić information content (AvgIpc) is 2.83. The van der Waals surface area contributed by atoms with Gasteiger partial charge < -0.3 is 5.32 Å². The Morgan fingerprint density at radius 3 is 2.35 bits per heavy atom. The number of urea groups is 1. The van der Waals surface area contributed by atoms with Gasteiger partial charge in [-0.3, -0.25) is 9.69 Å². The first-order valence-electron chi connectivity index (χ1n) is 7.85. The zero-order valence-corrected chi connectivity index (χ0v) is 13.2. The number of hydrogen-bond donors (Lipinski definition) is 1. The van der Waals surface area contributed by atoms with Crippen LogP contribution >= 0.6 is 0 Å². The molecule has 0 spiro atoms. The molecular weight excluding hydrogens is 288 g/mol. The van der Waals surface area contributed by atoms with Crippen molar-refractivity contribution in [2.45, 2.75) is 32.4 Å². The molecule has 2 aromatic rings. The second kappa shape index (κ2) is 6.65. The zero-order valence-electron chi connectivity index (χ0n) is 13.2. The highest BCUT2D eigenvalue weighted by molar-refractivity contribution is 6.04. The fourth-order valence-corrected chi connectivity index (χ4v) is 2.75. The quantitative estimate of drug-likeness (QED) is 0.863. The van der Waals surface area contributed by atoms with E-state index in [1.54, 1.807) is 0 Å².